The molecule has 0 saturated heterocycles. The van der Waals surface area contributed by atoms with Crippen LogP contribution in [0.2, 0.25) is 0 Å². The molecule has 0 aliphatic heterocycles. The first kappa shape index (κ1) is 19.5. The van der Waals surface area contributed by atoms with Crippen molar-refractivity contribution in [2.24, 2.45) is 0 Å². The number of hydrogen-bond donors (Lipinski definition) is 2. The molecule has 0 spiro atoms. The second kappa shape index (κ2) is 8.04. The van der Waals surface area contributed by atoms with Crippen molar-refractivity contribution in [2.75, 3.05) is 5.32 Å². The summed E-state index contributed by atoms with van der Waals surface area (Å²) in [6.45, 7) is 3.56. The first-order valence-corrected chi connectivity index (χ1v) is 7.84. The minimum atomic E-state index is -0.826. The Kier molecular flexibility index (Phi) is 5.81. The van der Waals surface area contributed by atoms with Gasteiger partial charge in [-0.1, -0.05) is 12.1 Å². The molecule has 0 unspecified atom stereocenters. The number of nitro benzene ring substituents is 2. The van der Waals surface area contributed by atoms with Crippen molar-refractivity contribution in [1.82, 2.24) is 5.32 Å². The first-order chi connectivity index (χ1) is 12.7. The van der Waals surface area contributed by atoms with Gasteiger partial charge in [-0.05, 0) is 26.0 Å². The summed E-state index contributed by atoms with van der Waals surface area (Å²) in [6.07, 6.45) is 0. The zero-order valence-corrected chi connectivity index (χ0v) is 14.5. The molecule has 0 atom stereocenters. The molecule has 27 heavy (non-hydrogen) atoms. The van der Waals surface area contributed by atoms with Crippen molar-refractivity contribution in [3.8, 4) is 0 Å². The summed E-state index contributed by atoms with van der Waals surface area (Å²) in [5, 5.41) is 27.1. The van der Waals surface area contributed by atoms with Crippen LogP contribution in [0.25, 0.3) is 0 Å². The van der Waals surface area contributed by atoms with Gasteiger partial charge in [-0.15, -0.1) is 0 Å². The van der Waals surface area contributed by atoms with Crippen LogP contribution in [0.3, 0.4) is 0 Å². The Morgan fingerprint density at radius 1 is 0.926 bits per heavy atom. The van der Waals surface area contributed by atoms with E-state index in [1.54, 1.807) is 26.0 Å². The molecule has 0 fully saturated rings. The summed E-state index contributed by atoms with van der Waals surface area (Å²) in [5.41, 5.74) is -1.07. The average Bonchev–Trinajstić information content (AvgIpc) is 2.61. The third-order valence-corrected chi connectivity index (χ3v) is 3.43. The Bertz CT molecular complexity index is 893. The predicted octanol–water partition coefficient (Wildman–Crippen LogP) is 2.89. The Balaban J connectivity index is 2.37. The maximum absolute atomic E-state index is 12.5. The topological polar surface area (TPSA) is 144 Å². The number of nitrogens with zero attached hydrogens (tertiary/aromatic N) is 2. The highest BCUT2D eigenvalue weighted by Crippen LogP contribution is 2.24. The van der Waals surface area contributed by atoms with Crippen LogP contribution in [0.1, 0.15) is 34.6 Å². The maximum Gasteiger partial charge on any atom is 0.277 e. The standard InChI is InChI=1S/C17H16N4O6/c1-10(2)18-17(23)14-5-3-4-6-15(14)19-16(22)11-7-12(20(24)25)9-13(8-11)21(26)27/h3-10H,1-2H3,(H,18,23)(H,19,22). The van der Waals surface area contributed by atoms with Crippen molar-refractivity contribution < 1.29 is 19.4 Å². The molecule has 0 bridgehead atoms. The summed E-state index contributed by atoms with van der Waals surface area (Å²) < 4.78 is 0. The zero-order valence-electron chi connectivity index (χ0n) is 14.5. The van der Waals surface area contributed by atoms with Crippen LogP contribution in [0, 0.1) is 20.2 Å². The van der Waals surface area contributed by atoms with Crippen molar-refractivity contribution in [3.63, 3.8) is 0 Å². The van der Waals surface area contributed by atoms with E-state index in [4.69, 9.17) is 0 Å². The van der Waals surface area contributed by atoms with E-state index in [1.165, 1.54) is 12.1 Å². The summed E-state index contributed by atoms with van der Waals surface area (Å²) in [7, 11) is 0. The van der Waals surface area contributed by atoms with Crippen molar-refractivity contribution in [3.05, 3.63) is 73.8 Å². The van der Waals surface area contributed by atoms with Crippen molar-refractivity contribution in [1.29, 1.82) is 0 Å². The molecule has 0 aliphatic carbocycles. The molecular weight excluding hydrogens is 356 g/mol. The minimum absolute atomic E-state index is 0.124. The van der Waals surface area contributed by atoms with Gasteiger partial charge in [0.2, 0.25) is 0 Å². The van der Waals surface area contributed by atoms with E-state index < -0.39 is 33.0 Å². The molecule has 0 heterocycles. The Morgan fingerprint density at radius 2 is 1.48 bits per heavy atom. The number of rotatable bonds is 6. The lowest BCUT2D eigenvalue weighted by molar-refractivity contribution is -0.394. The number of nitro groups is 2. The smallest absolute Gasteiger partial charge is 0.277 e. The highest BCUT2D eigenvalue weighted by Gasteiger charge is 2.21. The molecule has 0 radical (unpaired) electrons. The van der Waals surface area contributed by atoms with Crippen LogP contribution >= 0.6 is 0 Å². The van der Waals surface area contributed by atoms with E-state index in [2.05, 4.69) is 10.6 Å². The monoisotopic (exact) mass is 372 g/mol. The van der Waals surface area contributed by atoms with Gasteiger partial charge in [0.05, 0.1) is 32.7 Å². The van der Waals surface area contributed by atoms with Gasteiger partial charge >= 0.3 is 0 Å². The Hall–Kier alpha value is -3.82. The van der Waals surface area contributed by atoms with Gasteiger partial charge in [0.15, 0.2) is 0 Å². The number of non-ortho nitro benzene ring substituents is 2. The summed E-state index contributed by atoms with van der Waals surface area (Å²) in [6, 6.07) is 8.70. The average molecular weight is 372 g/mol. The molecule has 2 rings (SSSR count). The number of benzene rings is 2. The van der Waals surface area contributed by atoms with E-state index >= 15 is 0 Å². The number of nitrogens with one attached hydrogen (secondary N) is 2. The fourth-order valence-electron chi connectivity index (χ4n) is 2.26. The molecule has 2 N–H and O–H groups in total. The number of carbonyl (C=O) groups is 2. The third-order valence-electron chi connectivity index (χ3n) is 3.43. The SMILES string of the molecule is CC(C)NC(=O)c1ccccc1NC(=O)c1cc([N+](=O)[O-])cc([N+](=O)[O-])c1. The van der Waals surface area contributed by atoms with E-state index in [-0.39, 0.29) is 22.9 Å². The molecule has 2 aromatic rings. The van der Waals surface area contributed by atoms with Crippen LogP contribution in [0.4, 0.5) is 17.1 Å². The summed E-state index contributed by atoms with van der Waals surface area (Å²) in [5.74, 6) is -1.22. The fraction of sp³-hybridized carbons (Fsp3) is 0.176. The van der Waals surface area contributed by atoms with E-state index in [9.17, 15) is 29.8 Å². The predicted molar refractivity (Wildman–Crippen MR) is 96.7 cm³/mol. The van der Waals surface area contributed by atoms with E-state index in [0.29, 0.717) is 0 Å². The van der Waals surface area contributed by atoms with Gasteiger partial charge in [0.25, 0.3) is 23.2 Å². The highest BCUT2D eigenvalue weighted by atomic mass is 16.6. The highest BCUT2D eigenvalue weighted by molar-refractivity contribution is 6.09. The number of anilines is 1. The number of hydrogen-bond acceptors (Lipinski definition) is 6. The van der Waals surface area contributed by atoms with Crippen LogP contribution in [-0.4, -0.2) is 27.7 Å². The van der Waals surface area contributed by atoms with Gasteiger partial charge in [0, 0.05) is 18.2 Å². The second-order valence-electron chi connectivity index (χ2n) is 5.88. The third kappa shape index (κ3) is 4.84. The second-order valence-corrected chi connectivity index (χ2v) is 5.88. The Morgan fingerprint density at radius 3 is 2.00 bits per heavy atom. The maximum atomic E-state index is 12.5. The summed E-state index contributed by atoms with van der Waals surface area (Å²) in [4.78, 5) is 45.0. The molecule has 10 nitrogen and oxygen atoms in total. The lowest BCUT2D eigenvalue weighted by Crippen LogP contribution is -2.31. The van der Waals surface area contributed by atoms with Crippen LogP contribution in [0.15, 0.2) is 42.5 Å². The molecule has 0 aliphatic rings. The van der Waals surface area contributed by atoms with Crippen LogP contribution in [0.5, 0.6) is 0 Å². The van der Waals surface area contributed by atoms with Crippen molar-refractivity contribution in [2.45, 2.75) is 19.9 Å². The van der Waals surface area contributed by atoms with Gasteiger partial charge < -0.3 is 10.6 Å². The molecule has 140 valence electrons. The quantitative estimate of drug-likeness (QED) is 0.589. The minimum Gasteiger partial charge on any atom is -0.350 e. The molecule has 10 heteroatoms. The molecule has 0 saturated carbocycles. The number of carbonyl (C=O) groups excluding carboxylic acids is 2. The van der Waals surface area contributed by atoms with Gasteiger partial charge in [-0.25, -0.2) is 0 Å². The van der Waals surface area contributed by atoms with Gasteiger partial charge in [-0.3, -0.25) is 29.8 Å². The van der Waals surface area contributed by atoms with E-state index in [0.717, 1.165) is 18.2 Å². The summed E-state index contributed by atoms with van der Waals surface area (Å²) >= 11 is 0. The number of amides is 2. The number of para-hydroxylation sites is 1. The fourth-order valence-corrected chi connectivity index (χ4v) is 2.26. The largest absolute Gasteiger partial charge is 0.350 e. The normalized spacial score (nSPS) is 10.3. The zero-order chi connectivity index (χ0) is 20.1. The van der Waals surface area contributed by atoms with Crippen LogP contribution < -0.4 is 10.6 Å². The van der Waals surface area contributed by atoms with Gasteiger partial charge in [-0.2, -0.15) is 0 Å². The van der Waals surface area contributed by atoms with Crippen LogP contribution in [-0.2, 0) is 0 Å². The molecular formula is C17H16N4O6. The van der Waals surface area contributed by atoms with Gasteiger partial charge in [0.1, 0.15) is 0 Å². The Labute approximate surface area is 153 Å². The molecule has 2 amide bonds. The lowest BCUT2D eigenvalue weighted by Gasteiger charge is -2.13. The molecule has 2 aromatic carbocycles. The van der Waals surface area contributed by atoms with Crippen molar-refractivity contribution >= 4 is 28.9 Å². The first-order valence-electron chi connectivity index (χ1n) is 7.84. The lowest BCUT2D eigenvalue weighted by atomic mass is 10.1. The van der Waals surface area contributed by atoms with E-state index in [1.807, 2.05) is 0 Å². The molecule has 0 aromatic heterocycles.